The minimum atomic E-state index is 0.152. The molecule has 1 amide bonds. The first-order chi connectivity index (χ1) is 8.90. The number of nitrogens with zero attached hydrogens (tertiary/aromatic N) is 1. The highest BCUT2D eigenvalue weighted by atomic mass is 16.2. The third kappa shape index (κ3) is 3.13. The molecule has 0 aromatic rings. The Balaban J connectivity index is 2.05. The Morgan fingerprint density at radius 1 is 1.05 bits per heavy atom. The molecule has 6 atom stereocenters. The highest BCUT2D eigenvalue weighted by Crippen LogP contribution is 2.35. The maximum Gasteiger partial charge on any atom is 0.226 e. The average molecular weight is 266 g/mol. The summed E-state index contributed by atoms with van der Waals surface area (Å²) in [5.74, 6) is 2.20. The molecule has 0 aromatic carbocycles. The molecule has 0 aromatic heterocycles. The SMILES string of the molecule is CC1CCC(C)N(C(=O)C2CC(N)C(C)CC2C)C1. The normalized spacial score (nSPS) is 44.2. The van der Waals surface area contributed by atoms with E-state index in [1.165, 1.54) is 6.42 Å². The fraction of sp³-hybridized carbons (Fsp3) is 0.938. The van der Waals surface area contributed by atoms with Crippen molar-refractivity contribution in [2.75, 3.05) is 6.54 Å². The first-order valence-corrected chi connectivity index (χ1v) is 7.96. The highest BCUT2D eigenvalue weighted by Gasteiger charge is 2.39. The van der Waals surface area contributed by atoms with Crippen LogP contribution in [-0.2, 0) is 4.79 Å². The second-order valence-electron chi connectivity index (χ2n) is 7.22. The Morgan fingerprint density at radius 2 is 1.74 bits per heavy atom. The summed E-state index contributed by atoms with van der Waals surface area (Å²) in [5.41, 5.74) is 6.19. The zero-order valence-corrected chi connectivity index (χ0v) is 12.9. The predicted octanol–water partition coefficient (Wildman–Crippen LogP) is 2.64. The minimum absolute atomic E-state index is 0.152. The molecule has 1 saturated heterocycles. The van der Waals surface area contributed by atoms with Crippen molar-refractivity contribution in [3.63, 3.8) is 0 Å². The second kappa shape index (κ2) is 5.82. The van der Waals surface area contributed by atoms with Gasteiger partial charge in [0.2, 0.25) is 5.91 Å². The van der Waals surface area contributed by atoms with Crippen molar-refractivity contribution < 1.29 is 4.79 Å². The average Bonchev–Trinajstić information content (AvgIpc) is 2.36. The minimum Gasteiger partial charge on any atom is -0.339 e. The van der Waals surface area contributed by atoms with Crippen LogP contribution in [0.25, 0.3) is 0 Å². The topological polar surface area (TPSA) is 46.3 Å². The third-order valence-corrected chi connectivity index (χ3v) is 5.41. The fourth-order valence-electron chi connectivity index (χ4n) is 3.84. The van der Waals surface area contributed by atoms with Crippen LogP contribution in [0.4, 0.5) is 0 Å². The summed E-state index contributed by atoms with van der Waals surface area (Å²) in [7, 11) is 0. The summed E-state index contributed by atoms with van der Waals surface area (Å²) in [6, 6.07) is 0.606. The number of carbonyl (C=O) groups excluding carboxylic acids is 1. The highest BCUT2D eigenvalue weighted by molar-refractivity contribution is 5.79. The summed E-state index contributed by atoms with van der Waals surface area (Å²) < 4.78 is 0. The van der Waals surface area contributed by atoms with Gasteiger partial charge in [-0.1, -0.05) is 20.8 Å². The zero-order valence-electron chi connectivity index (χ0n) is 12.9. The molecule has 3 nitrogen and oxygen atoms in total. The molecule has 6 unspecified atom stereocenters. The van der Waals surface area contributed by atoms with Gasteiger partial charge in [-0.15, -0.1) is 0 Å². The van der Waals surface area contributed by atoms with Gasteiger partial charge in [0.15, 0.2) is 0 Å². The van der Waals surface area contributed by atoms with Gasteiger partial charge in [0, 0.05) is 24.5 Å². The van der Waals surface area contributed by atoms with Crippen LogP contribution < -0.4 is 5.73 Å². The Kier molecular flexibility index (Phi) is 4.54. The third-order valence-electron chi connectivity index (χ3n) is 5.41. The van der Waals surface area contributed by atoms with E-state index in [0.29, 0.717) is 29.7 Å². The maximum atomic E-state index is 12.8. The lowest BCUT2D eigenvalue weighted by Crippen LogP contribution is -2.51. The van der Waals surface area contributed by atoms with Crippen molar-refractivity contribution in [1.82, 2.24) is 4.90 Å². The lowest BCUT2D eigenvalue weighted by molar-refractivity contribution is -0.143. The lowest BCUT2D eigenvalue weighted by Gasteiger charge is -2.43. The van der Waals surface area contributed by atoms with E-state index in [2.05, 4.69) is 32.6 Å². The number of carbonyl (C=O) groups is 1. The van der Waals surface area contributed by atoms with Crippen molar-refractivity contribution in [1.29, 1.82) is 0 Å². The van der Waals surface area contributed by atoms with E-state index in [0.717, 1.165) is 25.8 Å². The van der Waals surface area contributed by atoms with Gasteiger partial charge in [0.25, 0.3) is 0 Å². The quantitative estimate of drug-likeness (QED) is 0.793. The zero-order chi connectivity index (χ0) is 14.2. The molecule has 0 bridgehead atoms. The van der Waals surface area contributed by atoms with Crippen LogP contribution in [0.2, 0.25) is 0 Å². The van der Waals surface area contributed by atoms with E-state index in [4.69, 9.17) is 5.73 Å². The number of likely N-dealkylation sites (tertiary alicyclic amines) is 1. The Labute approximate surface area is 117 Å². The van der Waals surface area contributed by atoms with Gasteiger partial charge in [0.05, 0.1) is 0 Å². The van der Waals surface area contributed by atoms with Crippen LogP contribution >= 0.6 is 0 Å². The molecule has 2 N–H and O–H groups in total. The van der Waals surface area contributed by atoms with Crippen LogP contribution in [-0.4, -0.2) is 29.4 Å². The van der Waals surface area contributed by atoms with Gasteiger partial charge >= 0.3 is 0 Å². The van der Waals surface area contributed by atoms with E-state index in [-0.39, 0.29) is 12.0 Å². The largest absolute Gasteiger partial charge is 0.339 e. The number of amides is 1. The van der Waals surface area contributed by atoms with E-state index in [1.54, 1.807) is 0 Å². The molecule has 2 fully saturated rings. The summed E-state index contributed by atoms with van der Waals surface area (Å²) in [4.78, 5) is 15.0. The van der Waals surface area contributed by atoms with Crippen molar-refractivity contribution >= 4 is 5.91 Å². The molecule has 110 valence electrons. The molecule has 0 spiro atoms. The number of rotatable bonds is 1. The molecule has 1 heterocycles. The first-order valence-electron chi connectivity index (χ1n) is 7.96. The summed E-state index contributed by atoms with van der Waals surface area (Å²) in [5, 5.41) is 0. The van der Waals surface area contributed by atoms with Crippen LogP contribution in [0.15, 0.2) is 0 Å². The van der Waals surface area contributed by atoms with Crippen LogP contribution in [0.3, 0.4) is 0 Å². The fourth-order valence-corrected chi connectivity index (χ4v) is 3.84. The Morgan fingerprint density at radius 3 is 2.42 bits per heavy atom. The summed E-state index contributed by atoms with van der Waals surface area (Å²) in [6.07, 6.45) is 4.37. The molecule has 0 radical (unpaired) electrons. The van der Waals surface area contributed by atoms with Gasteiger partial charge < -0.3 is 10.6 Å². The summed E-state index contributed by atoms with van der Waals surface area (Å²) >= 11 is 0. The van der Waals surface area contributed by atoms with Crippen molar-refractivity contribution in [3.05, 3.63) is 0 Å². The monoisotopic (exact) mass is 266 g/mol. The molecule has 2 aliphatic rings. The van der Waals surface area contributed by atoms with E-state index < -0.39 is 0 Å². The number of piperidine rings is 1. The maximum absolute atomic E-state index is 12.8. The molecular weight excluding hydrogens is 236 g/mol. The molecule has 2 rings (SSSR count). The number of hydrogen-bond acceptors (Lipinski definition) is 2. The molecule has 3 heteroatoms. The number of hydrogen-bond donors (Lipinski definition) is 1. The van der Waals surface area contributed by atoms with Crippen LogP contribution in [0, 0.1) is 23.7 Å². The van der Waals surface area contributed by atoms with Gasteiger partial charge in [-0.3, -0.25) is 4.79 Å². The summed E-state index contributed by atoms with van der Waals surface area (Å²) in [6.45, 7) is 9.83. The van der Waals surface area contributed by atoms with Crippen molar-refractivity contribution in [3.8, 4) is 0 Å². The molecule has 19 heavy (non-hydrogen) atoms. The van der Waals surface area contributed by atoms with E-state index in [1.807, 2.05) is 0 Å². The van der Waals surface area contributed by atoms with Crippen molar-refractivity contribution in [2.24, 2.45) is 29.4 Å². The van der Waals surface area contributed by atoms with Gasteiger partial charge in [-0.05, 0) is 50.4 Å². The van der Waals surface area contributed by atoms with Gasteiger partial charge in [0.1, 0.15) is 0 Å². The van der Waals surface area contributed by atoms with E-state index >= 15 is 0 Å². The van der Waals surface area contributed by atoms with Gasteiger partial charge in [-0.2, -0.15) is 0 Å². The number of nitrogens with two attached hydrogens (primary N) is 1. The first kappa shape index (κ1) is 14.8. The smallest absolute Gasteiger partial charge is 0.226 e. The molecule has 1 aliphatic carbocycles. The Bertz CT molecular complexity index is 331. The van der Waals surface area contributed by atoms with Crippen LogP contribution in [0.1, 0.15) is 53.4 Å². The van der Waals surface area contributed by atoms with Crippen LogP contribution in [0.5, 0.6) is 0 Å². The standard InChI is InChI=1S/C16H30N2O/c1-10-5-6-13(4)18(9-10)16(19)14-8-15(17)12(3)7-11(14)2/h10-15H,5-9,17H2,1-4H3. The second-order valence-corrected chi connectivity index (χ2v) is 7.22. The molecule has 1 aliphatic heterocycles. The van der Waals surface area contributed by atoms with Crippen molar-refractivity contribution in [2.45, 2.75) is 65.5 Å². The lowest BCUT2D eigenvalue weighted by atomic mass is 9.72. The molecular formula is C16H30N2O. The predicted molar refractivity (Wildman–Crippen MR) is 78.6 cm³/mol. The van der Waals surface area contributed by atoms with Gasteiger partial charge in [-0.25, -0.2) is 0 Å². The molecule has 1 saturated carbocycles. The Hall–Kier alpha value is -0.570. The van der Waals surface area contributed by atoms with E-state index in [9.17, 15) is 4.79 Å².